The average molecular weight is 502 g/mol. The predicted molar refractivity (Wildman–Crippen MR) is 131 cm³/mol. The molecule has 0 heterocycles. The van der Waals surface area contributed by atoms with E-state index in [-0.39, 0.29) is 11.1 Å². The number of ether oxygens (including phenoxy) is 1. The molecule has 0 radical (unpaired) electrons. The highest BCUT2D eigenvalue weighted by atomic mass is 19.1. The van der Waals surface area contributed by atoms with Gasteiger partial charge in [-0.1, -0.05) is 48.5 Å². The Labute approximate surface area is 210 Å². The van der Waals surface area contributed by atoms with Crippen LogP contribution in [0.5, 0.6) is 0 Å². The van der Waals surface area contributed by atoms with Gasteiger partial charge in [-0.3, -0.25) is 0 Å². The topological polar surface area (TPSA) is 43.4 Å². The average Bonchev–Trinajstić information content (AvgIpc) is 2.88. The van der Waals surface area contributed by atoms with E-state index < -0.39 is 35.2 Å². The molecule has 4 rings (SSSR count). The molecule has 7 heteroatoms. The molecule has 0 saturated carbocycles. The fourth-order valence-corrected chi connectivity index (χ4v) is 3.58. The van der Waals surface area contributed by atoms with Gasteiger partial charge in [0.2, 0.25) is 0 Å². The number of carbonyl (C=O) groups excluding carboxylic acids is 2. The maximum Gasteiger partial charge on any atom is 0.339 e. The van der Waals surface area contributed by atoms with E-state index in [2.05, 4.69) is 0 Å². The third-order valence-corrected chi connectivity index (χ3v) is 5.35. The first-order valence-electron chi connectivity index (χ1n) is 11.0. The van der Waals surface area contributed by atoms with Gasteiger partial charge in [-0.25, -0.2) is 27.2 Å². The van der Waals surface area contributed by atoms with Gasteiger partial charge in [0.1, 0.15) is 23.3 Å². The number of hydrogen-bond acceptors (Lipinski definition) is 3. The van der Waals surface area contributed by atoms with Crippen LogP contribution in [-0.4, -0.2) is 11.9 Å². The van der Waals surface area contributed by atoms with Crippen LogP contribution in [-0.2, 0) is 14.3 Å². The number of hydrogen-bond donors (Lipinski definition) is 0. The molecular formula is C30H18F4O3. The van der Waals surface area contributed by atoms with Crippen molar-refractivity contribution in [1.82, 2.24) is 0 Å². The number of esters is 2. The SMILES string of the molecule is O=C(C=C(c1ccc(F)cc1)c1ccc(F)cc1)OC(=O)C=C(c1ccc(F)cc1)c1ccc(F)cc1. The number of rotatable bonds is 6. The highest BCUT2D eigenvalue weighted by Crippen LogP contribution is 2.26. The summed E-state index contributed by atoms with van der Waals surface area (Å²) < 4.78 is 58.7. The van der Waals surface area contributed by atoms with E-state index in [1.165, 1.54) is 97.1 Å². The van der Waals surface area contributed by atoms with Gasteiger partial charge in [-0.15, -0.1) is 0 Å². The van der Waals surface area contributed by atoms with Crippen LogP contribution in [0.1, 0.15) is 22.3 Å². The van der Waals surface area contributed by atoms with Crippen LogP contribution < -0.4 is 0 Å². The highest BCUT2D eigenvalue weighted by molar-refractivity contribution is 6.05. The lowest BCUT2D eigenvalue weighted by Crippen LogP contribution is -2.09. The molecule has 3 nitrogen and oxygen atoms in total. The van der Waals surface area contributed by atoms with Crippen LogP contribution in [0.4, 0.5) is 17.6 Å². The first-order chi connectivity index (χ1) is 17.8. The lowest BCUT2D eigenvalue weighted by molar-refractivity contribution is -0.152. The molecule has 37 heavy (non-hydrogen) atoms. The summed E-state index contributed by atoms with van der Waals surface area (Å²) in [5.41, 5.74) is 2.30. The van der Waals surface area contributed by atoms with Gasteiger partial charge in [0, 0.05) is 12.2 Å². The van der Waals surface area contributed by atoms with Crippen LogP contribution in [0.2, 0.25) is 0 Å². The molecule has 0 bridgehead atoms. The van der Waals surface area contributed by atoms with Crippen molar-refractivity contribution < 1.29 is 31.9 Å². The molecule has 0 aliphatic heterocycles. The molecule has 0 N–H and O–H groups in total. The van der Waals surface area contributed by atoms with Crippen LogP contribution in [0.3, 0.4) is 0 Å². The van der Waals surface area contributed by atoms with Crippen LogP contribution >= 0.6 is 0 Å². The largest absolute Gasteiger partial charge is 0.387 e. The standard InChI is InChI=1S/C30H18F4O3/c31-23-9-1-19(2-10-23)27(20-3-11-24(32)12-4-20)17-29(35)37-30(36)18-28(21-5-13-25(33)14-6-21)22-7-15-26(34)16-8-22/h1-18H. The number of halogens is 4. The molecule has 0 atom stereocenters. The summed E-state index contributed by atoms with van der Waals surface area (Å²) in [6.07, 6.45) is 2.09. The molecule has 4 aromatic carbocycles. The summed E-state index contributed by atoms with van der Waals surface area (Å²) in [4.78, 5) is 25.4. The minimum absolute atomic E-state index is 0.277. The second-order valence-corrected chi connectivity index (χ2v) is 7.88. The first kappa shape index (κ1) is 25.3. The molecular weight excluding hydrogens is 484 g/mol. The molecule has 0 aromatic heterocycles. The Morgan fingerprint density at radius 3 is 0.865 bits per heavy atom. The van der Waals surface area contributed by atoms with Gasteiger partial charge >= 0.3 is 11.9 Å². The fraction of sp³-hybridized carbons (Fsp3) is 0. The minimum Gasteiger partial charge on any atom is -0.387 e. The molecule has 4 aromatic rings. The van der Waals surface area contributed by atoms with E-state index in [1.807, 2.05) is 0 Å². The lowest BCUT2D eigenvalue weighted by atomic mass is 9.97. The third kappa shape index (κ3) is 6.67. The Kier molecular flexibility index (Phi) is 7.74. The summed E-state index contributed by atoms with van der Waals surface area (Å²) in [7, 11) is 0. The van der Waals surface area contributed by atoms with E-state index in [0.29, 0.717) is 22.3 Å². The first-order valence-corrected chi connectivity index (χ1v) is 11.0. The maximum absolute atomic E-state index is 13.4. The summed E-state index contributed by atoms with van der Waals surface area (Å²) >= 11 is 0. The van der Waals surface area contributed by atoms with E-state index >= 15 is 0 Å². The fourth-order valence-electron chi connectivity index (χ4n) is 3.58. The zero-order valence-corrected chi connectivity index (χ0v) is 19.1. The van der Waals surface area contributed by atoms with Crippen LogP contribution in [0.15, 0.2) is 109 Å². The smallest absolute Gasteiger partial charge is 0.339 e. The molecule has 0 saturated heterocycles. The molecule has 0 amide bonds. The van der Waals surface area contributed by atoms with Crippen molar-refractivity contribution in [2.24, 2.45) is 0 Å². The normalized spacial score (nSPS) is 10.4. The minimum atomic E-state index is -1.03. The van der Waals surface area contributed by atoms with Crippen molar-refractivity contribution >= 4 is 23.1 Å². The zero-order chi connectivity index (χ0) is 26.4. The van der Waals surface area contributed by atoms with Gasteiger partial charge in [0.15, 0.2) is 0 Å². The van der Waals surface area contributed by atoms with Crippen molar-refractivity contribution in [3.63, 3.8) is 0 Å². The molecule has 0 unspecified atom stereocenters. The Morgan fingerprint density at radius 2 is 0.649 bits per heavy atom. The van der Waals surface area contributed by atoms with Crippen molar-refractivity contribution in [3.05, 3.63) is 155 Å². The van der Waals surface area contributed by atoms with E-state index in [1.54, 1.807) is 0 Å². The van der Waals surface area contributed by atoms with Gasteiger partial charge in [0.05, 0.1) is 0 Å². The summed E-state index contributed by atoms with van der Waals surface area (Å²) in [6, 6.07) is 21.0. The van der Waals surface area contributed by atoms with Gasteiger partial charge in [-0.2, -0.15) is 0 Å². The van der Waals surface area contributed by atoms with Gasteiger partial charge in [-0.05, 0) is 81.9 Å². The Bertz CT molecular complexity index is 1260. The molecule has 0 spiro atoms. The maximum atomic E-state index is 13.4. The van der Waals surface area contributed by atoms with Crippen molar-refractivity contribution in [1.29, 1.82) is 0 Å². The molecule has 0 aliphatic rings. The van der Waals surface area contributed by atoms with Crippen LogP contribution in [0.25, 0.3) is 11.1 Å². The van der Waals surface area contributed by atoms with E-state index in [4.69, 9.17) is 4.74 Å². The summed E-state index contributed by atoms with van der Waals surface area (Å²) in [6.45, 7) is 0. The highest BCUT2D eigenvalue weighted by Gasteiger charge is 2.14. The second-order valence-electron chi connectivity index (χ2n) is 7.88. The summed E-state index contributed by atoms with van der Waals surface area (Å²) in [5.74, 6) is -4.00. The van der Waals surface area contributed by atoms with Crippen molar-refractivity contribution in [2.45, 2.75) is 0 Å². The summed E-state index contributed by atoms with van der Waals surface area (Å²) in [5, 5.41) is 0. The number of benzene rings is 4. The quantitative estimate of drug-likeness (QED) is 0.125. The van der Waals surface area contributed by atoms with E-state index in [9.17, 15) is 27.2 Å². The molecule has 0 aliphatic carbocycles. The predicted octanol–water partition coefficient (Wildman–Crippen LogP) is 6.88. The van der Waals surface area contributed by atoms with Crippen LogP contribution in [0, 0.1) is 23.3 Å². The zero-order valence-electron chi connectivity index (χ0n) is 19.1. The second kappa shape index (κ2) is 11.3. The van der Waals surface area contributed by atoms with Crippen molar-refractivity contribution in [3.8, 4) is 0 Å². The monoisotopic (exact) mass is 502 g/mol. The van der Waals surface area contributed by atoms with Gasteiger partial charge in [0.25, 0.3) is 0 Å². The molecule has 0 fully saturated rings. The van der Waals surface area contributed by atoms with E-state index in [0.717, 1.165) is 12.2 Å². The third-order valence-electron chi connectivity index (χ3n) is 5.35. The molecule has 184 valence electrons. The number of carbonyl (C=O) groups is 2. The Hall–Kier alpha value is -4.78. The van der Waals surface area contributed by atoms with Gasteiger partial charge < -0.3 is 4.74 Å². The lowest BCUT2D eigenvalue weighted by Gasteiger charge is -2.10. The Balaban J connectivity index is 1.66. The Morgan fingerprint density at radius 1 is 0.432 bits per heavy atom. The van der Waals surface area contributed by atoms with Crippen molar-refractivity contribution in [2.75, 3.05) is 0 Å².